The SMILES string of the molecule is Nc1cc([N+](=O)[O-])c(Br)cc1C(F)(F)F. The minimum atomic E-state index is -4.62. The first-order valence-electron chi connectivity index (χ1n) is 3.54. The van der Waals surface area contributed by atoms with Gasteiger partial charge in [0.1, 0.15) is 0 Å². The van der Waals surface area contributed by atoms with Gasteiger partial charge < -0.3 is 5.73 Å². The molecule has 0 aliphatic carbocycles. The molecule has 15 heavy (non-hydrogen) atoms. The zero-order chi connectivity index (χ0) is 11.8. The molecule has 0 aliphatic heterocycles. The molecule has 0 aromatic heterocycles. The first kappa shape index (κ1) is 11.8. The second-order valence-corrected chi connectivity index (χ2v) is 3.50. The van der Waals surface area contributed by atoms with Crippen LogP contribution in [0.1, 0.15) is 5.56 Å². The van der Waals surface area contributed by atoms with Crippen molar-refractivity contribution >= 4 is 27.3 Å². The molecular weight excluding hydrogens is 281 g/mol. The van der Waals surface area contributed by atoms with Crippen LogP contribution in [0.15, 0.2) is 16.6 Å². The van der Waals surface area contributed by atoms with Gasteiger partial charge in [-0.25, -0.2) is 0 Å². The largest absolute Gasteiger partial charge is 0.418 e. The zero-order valence-electron chi connectivity index (χ0n) is 7.01. The van der Waals surface area contributed by atoms with Crippen molar-refractivity contribution in [3.8, 4) is 0 Å². The van der Waals surface area contributed by atoms with Gasteiger partial charge in [0, 0.05) is 6.07 Å². The Morgan fingerprint density at radius 2 is 1.93 bits per heavy atom. The van der Waals surface area contributed by atoms with Crippen LogP contribution in [0.4, 0.5) is 24.5 Å². The summed E-state index contributed by atoms with van der Waals surface area (Å²) < 4.78 is 36.6. The lowest BCUT2D eigenvalue weighted by atomic mass is 10.1. The van der Waals surface area contributed by atoms with Crippen molar-refractivity contribution in [2.45, 2.75) is 6.18 Å². The normalized spacial score (nSPS) is 11.5. The topological polar surface area (TPSA) is 69.2 Å². The van der Waals surface area contributed by atoms with E-state index < -0.39 is 28.0 Å². The Balaban J connectivity index is 3.39. The smallest absolute Gasteiger partial charge is 0.398 e. The minimum absolute atomic E-state index is 0.256. The molecule has 0 spiro atoms. The first-order chi connectivity index (χ1) is 6.73. The summed E-state index contributed by atoms with van der Waals surface area (Å²) in [4.78, 5) is 9.55. The molecule has 0 bridgehead atoms. The van der Waals surface area contributed by atoms with Crippen molar-refractivity contribution in [2.24, 2.45) is 0 Å². The summed E-state index contributed by atoms with van der Waals surface area (Å²) in [5.74, 6) is 0. The first-order valence-corrected chi connectivity index (χ1v) is 4.33. The number of nitrogen functional groups attached to an aromatic ring is 1. The molecular formula is C7H4BrF3N2O2. The quantitative estimate of drug-likeness (QED) is 0.490. The Morgan fingerprint density at radius 3 is 2.33 bits per heavy atom. The number of hydrogen-bond donors (Lipinski definition) is 1. The lowest BCUT2D eigenvalue weighted by Gasteiger charge is -2.09. The van der Waals surface area contributed by atoms with Gasteiger partial charge >= 0.3 is 6.18 Å². The number of nitro benzene ring substituents is 1. The molecule has 0 saturated heterocycles. The van der Waals surface area contributed by atoms with Crippen molar-refractivity contribution in [3.63, 3.8) is 0 Å². The summed E-state index contributed by atoms with van der Waals surface area (Å²) in [6, 6.07) is 1.26. The maximum Gasteiger partial charge on any atom is 0.418 e. The number of anilines is 1. The monoisotopic (exact) mass is 284 g/mol. The summed E-state index contributed by atoms with van der Waals surface area (Å²) in [6.07, 6.45) is -4.62. The van der Waals surface area contributed by atoms with Crippen molar-refractivity contribution < 1.29 is 18.1 Å². The van der Waals surface area contributed by atoms with Gasteiger partial charge in [0.15, 0.2) is 0 Å². The molecule has 0 saturated carbocycles. The molecule has 4 nitrogen and oxygen atoms in total. The Hall–Kier alpha value is -1.31. The fourth-order valence-corrected chi connectivity index (χ4v) is 1.45. The van der Waals surface area contributed by atoms with Gasteiger partial charge in [0.05, 0.1) is 20.6 Å². The van der Waals surface area contributed by atoms with E-state index >= 15 is 0 Å². The van der Waals surface area contributed by atoms with Gasteiger partial charge in [-0.3, -0.25) is 10.1 Å². The number of hydrogen-bond acceptors (Lipinski definition) is 3. The van der Waals surface area contributed by atoms with Crippen LogP contribution in [-0.4, -0.2) is 4.92 Å². The van der Waals surface area contributed by atoms with Crippen LogP contribution >= 0.6 is 15.9 Å². The van der Waals surface area contributed by atoms with E-state index in [-0.39, 0.29) is 4.47 Å². The highest BCUT2D eigenvalue weighted by Crippen LogP contribution is 2.38. The molecule has 0 atom stereocenters. The van der Waals surface area contributed by atoms with E-state index in [2.05, 4.69) is 15.9 Å². The lowest BCUT2D eigenvalue weighted by Crippen LogP contribution is -2.09. The predicted molar refractivity (Wildman–Crippen MR) is 50.2 cm³/mol. The van der Waals surface area contributed by atoms with E-state index in [1.165, 1.54) is 0 Å². The maximum atomic E-state index is 12.3. The Kier molecular flexibility index (Phi) is 2.89. The highest BCUT2D eigenvalue weighted by molar-refractivity contribution is 9.10. The molecule has 0 radical (unpaired) electrons. The van der Waals surface area contributed by atoms with E-state index in [9.17, 15) is 23.3 Å². The minimum Gasteiger partial charge on any atom is -0.398 e. The third-order valence-corrected chi connectivity index (χ3v) is 2.26. The van der Waals surface area contributed by atoms with Crippen LogP contribution in [0.25, 0.3) is 0 Å². The van der Waals surface area contributed by atoms with E-state index in [4.69, 9.17) is 5.73 Å². The summed E-state index contributed by atoms with van der Waals surface area (Å²) in [6.45, 7) is 0. The van der Waals surface area contributed by atoms with Gasteiger partial charge in [0.25, 0.3) is 5.69 Å². The second-order valence-electron chi connectivity index (χ2n) is 2.65. The van der Waals surface area contributed by atoms with Gasteiger partial charge in [-0.1, -0.05) is 0 Å². The number of benzene rings is 1. The average Bonchev–Trinajstić information content (AvgIpc) is 2.06. The Morgan fingerprint density at radius 1 is 1.40 bits per heavy atom. The highest BCUT2D eigenvalue weighted by atomic mass is 79.9. The zero-order valence-corrected chi connectivity index (χ0v) is 8.59. The fourth-order valence-electron chi connectivity index (χ4n) is 0.963. The average molecular weight is 285 g/mol. The molecule has 8 heteroatoms. The van der Waals surface area contributed by atoms with Gasteiger partial charge in [-0.2, -0.15) is 13.2 Å². The highest BCUT2D eigenvalue weighted by Gasteiger charge is 2.34. The predicted octanol–water partition coefficient (Wildman–Crippen LogP) is 2.96. The van der Waals surface area contributed by atoms with Crippen LogP contribution < -0.4 is 5.73 Å². The molecule has 0 aliphatic rings. The molecule has 0 fully saturated rings. The van der Waals surface area contributed by atoms with Gasteiger partial charge in [-0.05, 0) is 22.0 Å². The molecule has 0 heterocycles. The van der Waals surface area contributed by atoms with E-state index in [1.807, 2.05) is 0 Å². The van der Waals surface area contributed by atoms with Crippen molar-refractivity contribution in [1.29, 1.82) is 0 Å². The van der Waals surface area contributed by atoms with Crippen LogP contribution in [0.5, 0.6) is 0 Å². The van der Waals surface area contributed by atoms with Crippen molar-refractivity contribution in [1.82, 2.24) is 0 Å². The third kappa shape index (κ3) is 2.38. The van der Waals surface area contributed by atoms with Crippen LogP contribution in [0, 0.1) is 10.1 Å². The second kappa shape index (κ2) is 3.69. The third-order valence-electron chi connectivity index (χ3n) is 1.62. The molecule has 1 aromatic carbocycles. The number of halogens is 4. The van der Waals surface area contributed by atoms with E-state index in [0.717, 1.165) is 0 Å². The number of alkyl halides is 3. The van der Waals surface area contributed by atoms with Crippen molar-refractivity contribution in [2.75, 3.05) is 5.73 Å². The van der Waals surface area contributed by atoms with Gasteiger partial charge in [0.2, 0.25) is 0 Å². The van der Waals surface area contributed by atoms with Gasteiger partial charge in [-0.15, -0.1) is 0 Å². The molecule has 82 valence electrons. The van der Waals surface area contributed by atoms with E-state index in [0.29, 0.717) is 12.1 Å². The number of nitrogens with zero attached hydrogens (tertiary/aromatic N) is 1. The lowest BCUT2D eigenvalue weighted by molar-refractivity contribution is -0.385. The van der Waals surface area contributed by atoms with Crippen LogP contribution in [-0.2, 0) is 6.18 Å². The molecule has 2 N–H and O–H groups in total. The Bertz CT molecular complexity index is 419. The van der Waals surface area contributed by atoms with Crippen LogP contribution in [0.3, 0.4) is 0 Å². The number of nitro groups is 1. The number of nitrogens with two attached hydrogens (primary N) is 1. The fraction of sp³-hybridized carbons (Fsp3) is 0.143. The summed E-state index contributed by atoms with van der Waals surface area (Å²) in [5.41, 5.74) is 2.80. The summed E-state index contributed by atoms with van der Waals surface area (Å²) >= 11 is 2.68. The van der Waals surface area contributed by atoms with Crippen LogP contribution in [0.2, 0.25) is 0 Å². The van der Waals surface area contributed by atoms with Crippen molar-refractivity contribution in [3.05, 3.63) is 32.3 Å². The Labute approximate surface area is 90.2 Å². The molecule has 0 amide bonds. The van der Waals surface area contributed by atoms with E-state index in [1.54, 1.807) is 0 Å². The summed E-state index contributed by atoms with van der Waals surface area (Å²) in [7, 11) is 0. The molecule has 1 rings (SSSR count). The number of rotatable bonds is 1. The standard InChI is InChI=1S/C7H4BrF3N2O2/c8-4-1-3(7(9,10)11)5(12)2-6(4)13(14)15/h1-2H,12H2. The molecule has 1 aromatic rings. The maximum absolute atomic E-state index is 12.3. The summed E-state index contributed by atoms with van der Waals surface area (Å²) in [5, 5.41) is 10.4. The molecule has 0 unspecified atom stereocenters.